The summed E-state index contributed by atoms with van der Waals surface area (Å²) in [5.41, 5.74) is 2.59. The van der Waals surface area contributed by atoms with Crippen LogP contribution >= 0.6 is 24.0 Å². The SMILES string of the molecule is S=C=NCCCCSc1ccccc1-c1ccccc1. The molecule has 2 aromatic carbocycles. The molecule has 0 aliphatic rings. The summed E-state index contributed by atoms with van der Waals surface area (Å²) in [5.74, 6) is 1.11. The van der Waals surface area contributed by atoms with Gasteiger partial charge in [-0.1, -0.05) is 48.5 Å². The van der Waals surface area contributed by atoms with E-state index in [4.69, 9.17) is 0 Å². The van der Waals surface area contributed by atoms with E-state index >= 15 is 0 Å². The lowest BCUT2D eigenvalue weighted by Gasteiger charge is -2.09. The molecule has 3 heteroatoms. The zero-order valence-corrected chi connectivity index (χ0v) is 12.9. The van der Waals surface area contributed by atoms with Crippen LogP contribution in [0.4, 0.5) is 0 Å². The summed E-state index contributed by atoms with van der Waals surface area (Å²) in [6.45, 7) is 0.796. The molecule has 0 heterocycles. The molecule has 1 nitrogen and oxygen atoms in total. The Balaban J connectivity index is 1.97. The molecule has 0 aliphatic heterocycles. The second-order valence-corrected chi connectivity index (χ2v) is 5.71. The van der Waals surface area contributed by atoms with Crippen molar-refractivity contribution in [3.8, 4) is 11.1 Å². The molecule has 0 bridgehead atoms. The van der Waals surface area contributed by atoms with Crippen molar-refractivity contribution in [3.05, 3.63) is 54.6 Å². The highest BCUT2D eigenvalue weighted by molar-refractivity contribution is 7.99. The number of hydrogen-bond acceptors (Lipinski definition) is 3. The second-order valence-electron chi connectivity index (χ2n) is 4.39. The highest BCUT2D eigenvalue weighted by atomic mass is 32.2. The van der Waals surface area contributed by atoms with E-state index in [2.05, 4.69) is 77.0 Å². The van der Waals surface area contributed by atoms with Gasteiger partial charge in [0, 0.05) is 11.4 Å². The molecule has 0 amide bonds. The quantitative estimate of drug-likeness (QED) is 0.296. The van der Waals surface area contributed by atoms with Gasteiger partial charge in [0.05, 0.1) is 5.16 Å². The summed E-state index contributed by atoms with van der Waals surface area (Å²) in [4.78, 5) is 5.28. The Morgan fingerprint density at radius 3 is 2.50 bits per heavy atom. The lowest BCUT2D eigenvalue weighted by atomic mass is 10.1. The number of isothiocyanates is 1. The van der Waals surface area contributed by atoms with E-state index in [1.807, 2.05) is 11.8 Å². The van der Waals surface area contributed by atoms with Gasteiger partial charge in [0.15, 0.2) is 0 Å². The van der Waals surface area contributed by atoms with E-state index < -0.39 is 0 Å². The Morgan fingerprint density at radius 1 is 0.950 bits per heavy atom. The molecular formula is C17H17NS2. The van der Waals surface area contributed by atoms with Crippen LogP contribution < -0.4 is 0 Å². The van der Waals surface area contributed by atoms with Crippen LogP contribution in [-0.2, 0) is 0 Å². The normalized spacial score (nSPS) is 10.0. The molecule has 102 valence electrons. The van der Waals surface area contributed by atoms with E-state index in [0.717, 1.165) is 25.1 Å². The van der Waals surface area contributed by atoms with Crippen LogP contribution in [0.15, 0.2) is 64.5 Å². The zero-order chi connectivity index (χ0) is 14.0. The van der Waals surface area contributed by atoms with Gasteiger partial charge in [0.25, 0.3) is 0 Å². The van der Waals surface area contributed by atoms with E-state index in [1.165, 1.54) is 16.0 Å². The van der Waals surface area contributed by atoms with Crippen LogP contribution in [0, 0.1) is 0 Å². The van der Waals surface area contributed by atoms with Crippen molar-refractivity contribution in [1.29, 1.82) is 0 Å². The Morgan fingerprint density at radius 2 is 1.70 bits per heavy atom. The summed E-state index contributed by atoms with van der Waals surface area (Å²) in [6.07, 6.45) is 2.22. The lowest BCUT2D eigenvalue weighted by molar-refractivity contribution is 0.819. The fourth-order valence-corrected chi connectivity index (χ4v) is 3.15. The minimum Gasteiger partial charge on any atom is -0.233 e. The third-order valence-corrected chi connectivity index (χ3v) is 4.25. The molecule has 0 unspecified atom stereocenters. The Bertz CT molecular complexity index is 575. The number of thioether (sulfide) groups is 1. The maximum absolute atomic E-state index is 4.56. The number of hydrogen-bond donors (Lipinski definition) is 0. The van der Waals surface area contributed by atoms with Crippen molar-refractivity contribution < 1.29 is 0 Å². The second kappa shape index (κ2) is 8.70. The number of rotatable bonds is 7. The van der Waals surface area contributed by atoms with E-state index in [0.29, 0.717) is 0 Å². The maximum atomic E-state index is 4.56. The van der Waals surface area contributed by atoms with Crippen LogP contribution in [0.25, 0.3) is 11.1 Å². The third-order valence-electron chi connectivity index (χ3n) is 2.96. The van der Waals surface area contributed by atoms with E-state index in [9.17, 15) is 0 Å². The first-order valence-electron chi connectivity index (χ1n) is 6.72. The molecule has 2 aromatic rings. The molecule has 0 fully saturated rings. The summed E-state index contributed by atoms with van der Waals surface area (Å²) in [6, 6.07) is 19.1. The minimum atomic E-state index is 0.796. The number of unbranched alkanes of at least 4 members (excludes halogenated alkanes) is 1. The number of thiocarbonyl (C=S) groups is 1. The average molecular weight is 299 g/mol. The minimum absolute atomic E-state index is 0.796. The molecule has 0 aliphatic carbocycles. The van der Waals surface area contributed by atoms with Gasteiger partial charge in [0.1, 0.15) is 0 Å². The predicted molar refractivity (Wildman–Crippen MR) is 91.7 cm³/mol. The molecule has 0 N–H and O–H groups in total. The van der Waals surface area contributed by atoms with Crippen LogP contribution in [0.1, 0.15) is 12.8 Å². The molecular weight excluding hydrogens is 282 g/mol. The highest BCUT2D eigenvalue weighted by Gasteiger charge is 2.04. The van der Waals surface area contributed by atoms with Crippen molar-refractivity contribution in [3.63, 3.8) is 0 Å². The van der Waals surface area contributed by atoms with Gasteiger partial charge in [-0.15, -0.1) is 11.8 Å². The fraction of sp³-hybridized carbons (Fsp3) is 0.235. The number of aliphatic imine (C=N–C) groups is 1. The van der Waals surface area contributed by atoms with Crippen LogP contribution in [0.5, 0.6) is 0 Å². The summed E-state index contributed by atoms with van der Waals surface area (Å²) < 4.78 is 0. The first-order chi connectivity index (χ1) is 9.92. The first kappa shape index (κ1) is 15.0. The molecule has 0 atom stereocenters. The van der Waals surface area contributed by atoms with Crippen molar-refractivity contribution in [2.24, 2.45) is 4.99 Å². The van der Waals surface area contributed by atoms with Gasteiger partial charge >= 0.3 is 0 Å². The van der Waals surface area contributed by atoms with Gasteiger partial charge in [-0.3, -0.25) is 0 Å². The predicted octanol–water partition coefficient (Wildman–Crippen LogP) is 5.33. The molecule has 0 aromatic heterocycles. The maximum Gasteiger partial charge on any atom is 0.0584 e. The van der Waals surface area contributed by atoms with Crippen molar-refractivity contribution >= 4 is 29.1 Å². The summed E-state index contributed by atoms with van der Waals surface area (Å²) >= 11 is 6.47. The Kier molecular flexibility index (Phi) is 6.52. The van der Waals surface area contributed by atoms with Gasteiger partial charge in [-0.05, 0) is 48.0 Å². The number of benzene rings is 2. The lowest BCUT2D eigenvalue weighted by Crippen LogP contribution is -1.87. The largest absolute Gasteiger partial charge is 0.233 e. The van der Waals surface area contributed by atoms with Crippen molar-refractivity contribution in [2.75, 3.05) is 12.3 Å². The first-order valence-corrected chi connectivity index (χ1v) is 8.12. The smallest absolute Gasteiger partial charge is 0.0584 e. The average Bonchev–Trinajstić information content (AvgIpc) is 2.52. The van der Waals surface area contributed by atoms with E-state index in [-0.39, 0.29) is 0 Å². The molecule has 0 spiro atoms. The monoisotopic (exact) mass is 299 g/mol. The van der Waals surface area contributed by atoms with Crippen LogP contribution in [0.3, 0.4) is 0 Å². The molecule has 2 rings (SSSR count). The third kappa shape index (κ3) is 4.61. The van der Waals surface area contributed by atoms with Gasteiger partial charge in [-0.25, -0.2) is 4.99 Å². The summed E-state index contributed by atoms with van der Waals surface area (Å²) in [5, 5.41) is 2.41. The molecule has 0 saturated heterocycles. The highest BCUT2D eigenvalue weighted by Crippen LogP contribution is 2.31. The van der Waals surface area contributed by atoms with Crippen molar-refractivity contribution in [2.45, 2.75) is 17.7 Å². The molecule has 0 saturated carbocycles. The summed E-state index contributed by atoms with van der Waals surface area (Å²) in [7, 11) is 0. The van der Waals surface area contributed by atoms with Gasteiger partial charge in [-0.2, -0.15) is 0 Å². The van der Waals surface area contributed by atoms with Crippen molar-refractivity contribution in [1.82, 2.24) is 0 Å². The topological polar surface area (TPSA) is 12.4 Å². The van der Waals surface area contributed by atoms with Crippen LogP contribution in [-0.4, -0.2) is 17.5 Å². The fourth-order valence-electron chi connectivity index (χ4n) is 1.97. The molecule has 20 heavy (non-hydrogen) atoms. The van der Waals surface area contributed by atoms with Gasteiger partial charge in [0.2, 0.25) is 0 Å². The Hall–Kier alpha value is -1.41. The standard InChI is InChI=1S/C17H17NS2/c19-14-18-12-6-7-13-20-17-11-5-4-10-16(17)15-8-2-1-3-9-15/h1-5,8-11H,6-7,12-13H2. The zero-order valence-electron chi connectivity index (χ0n) is 11.3. The van der Waals surface area contributed by atoms with E-state index in [1.54, 1.807) is 0 Å². The Labute approximate surface area is 130 Å². The number of nitrogens with zero attached hydrogens (tertiary/aromatic N) is 1. The van der Waals surface area contributed by atoms with Crippen LogP contribution in [0.2, 0.25) is 0 Å². The molecule has 0 radical (unpaired) electrons. The van der Waals surface area contributed by atoms with Gasteiger partial charge < -0.3 is 0 Å².